The molecular formula is C23H18F2N2O4S. The number of benzene rings is 3. The first-order valence-corrected chi connectivity index (χ1v) is 10.8. The Morgan fingerprint density at radius 3 is 2.19 bits per heavy atom. The van der Waals surface area contributed by atoms with Gasteiger partial charge in [-0.3, -0.25) is 4.79 Å². The fourth-order valence-electron chi connectivity index (χ4n) is 2.67. The van der Waals surface area contributed by atoms with Crippen molar-refractivity contribution in [1.29, 1.82) is 0 Å². The fraction of sp³-hybridized carbons (Fsp3) is 0.0435. The molecule has 9 heteroatoms. The summed E-state index contributed by atoms with van der Waals surface area (Å²) in [6, 6.07) is 13.7. The Labute approximate surface area is 183 Å². The minimum absolute atomic E-state index is 0.0522. The van der Waals surface area contributed by atoms with Crippen LogP contribution in [0.1, 0.15) is 21.5 Å². The quantitative estimate of drug-likeness (QED) is 0.416. The predicted molar refractivity (Wildman–Crippen MR) is 117 cm³/mol. The van der Waals surface area contributed by atoms with Gasteiger partial charge in [-0.25, -0.2) is 26.7 Å². The molecule has 0 bridgehead atoms. The second-order valence-electron chi connectivity index (χ2n) is 6.81. The summed E-state index contributed by atoms with van der Waals surface area (Å²) in [6.45, 7) is 1.81. The van der Waals surface area contributed by atoms with Crippen molar-refractivity contribution in [1.82, 2.24) is 4.72 Å². The molecule has 0 saturated carbocycles. The number of ketones is 1. The van der Waals surface area contributed by atoms with E-state index in [0.717, 1.165) is 17.7 Å². The van der Waals surface area contributed by atoms with Gasteiger partial charge in [-0.2, -0.15) is 0 Å². The van der Waals surface area contributed by atoms with Gasteiger partial charge in [0.15, 0.2) is 5.78 Å². The summed E-state index contributed by atoms with van der Waals surface area (Å²) in [7, 11) is -4.04. The number of halogens is 2. The Morgan fingerprint density at radius 2 is 1.56 bits per heavy atom. The standard InChI is InChI=1S/C23H18F2N2O4S/c1-15-2-11-20(12-3-15)32(30,31)27-23(29)26-19-9-5-17(6-10-19)22(28)13-7-16-4-8-18(24)14-21(16)25/h2-14H,1H3,(H2,26,27,29)/b13-7+. The van der Waals surface area contributed by atoms with Crippen LogP contribution < -0.4 is 10.0 Å². The van der Waals surface area contributed by atoms with Crippen LogP contribution >= 0.6 is 0 Å². The van der Waals surface area contributed by atoms with E-state index in [1.807, 2.05) is 11.6 Å². The van der Waals surface area contributed by atoms with Gasteiger partial charge in [-0.1, -0.05) is 17.7 Å². The van der Waals surface area contributed by atoms with E-state index in [1.165, 1.54) is 48.5 Å². The lowest BCUT2D eigenvalue weighted by Gasteiger charge is -2.09. The fourth-order valence-corrected chi connectivity index (χ4v) is 3.58. The Bertz CT molecular complexity index is 1290. The Morgan fingerprint density at radius 1 is 0.906 bits per heavy atom. The molecule has 0 heterocycles. The van der Waals surface area contributed by atoms with Crippen LogP contribution in [0.15, 0.2) is 77.7 Å². The Kier molecular flexibility index (Phi) is 6.79. The number of allylic oxidation sites excluding steroid dienone is 1. The zero-order valence-electron chi connectivity index (χ0n) is 16.8. The van der Waals surface area contributed by atoms with Gasteiger partial charge in [0.1, 0.15) is 11.6 Å². The minimum Gasteiger partial charge on any atom is -0.307 e. The number of amides is 2. The normalized spacial score (nSPS) is 11.3. The highest BCUT2D eigenvalue weighted by molar-refractivity contribution is 7.90. The first-order valence-electron chi connectivity index (χ1n) is 9.32. The van der Waals surface area contributed by atoms with Crippen LogP contribution in [0.2, 0.25) is 0 Å². The number of aryl methyl sites for hydroxylation is 1. The van der Waals surface area contributed by atoms with Crippen LogP contribution in [-0.2, 0) is 10.0 Å². The summed E-state index contributed by atoms with van der Waals surface area (Å²) < 4.78 is 53.0. The molecule has 0 fully saturated rings. The lowest BCUT2D eigenvalue weighted by Crippen LogP contribution is -2.34. The SMILES string of the molecule is Cc1ccc(S(=O)(=O)NC(=O)Nc2ccc(C(=O)/C=C/c3ccc(F)cc3F)cc2)cc1. The number of anilines is 1. The zero-order valence-corrected chi connectivity index (χ0v) is 17.6. The van der Waals surface area contributed by atoms with E-state index in [2.05, 4.69) is 5.32 Å². The van der Waals surface area contributed by atoms with Gasteiger partial charge in [0, 0.05) is 22.9 Å². The minimum atomic E-state index is -4.04. The van der Waals surface area contributed by atoms with Crippen molar-refractivity contribution < 1.29 is 26.8 Å². The number of urea groups is 1. The van der Waals surface area contributed by atoms with Gasteiger partial charge in [0.25, 0.3) is 10.0 Å². The molecule has 0 saturated heterocycles. The van der Waals surface area contributed by atoms with E-state index in [1.54, 1.807) is 12.1 Å². The molecule has 6 nitrogen and oxygen atoms in total. The second-order valence-corrected chi connectivity index (χ2v) is 8.50. The van der Waals surface area contributed by atoms with Gasteiger partial charge in [-0.15, -0.1) is 0 Å². The smallest absolute Gasteiger partial charge is 0.307 e. The molecule has 0 unspecified atom stereocenters. The van der Waals surface area contributed by atoms with Crippen molar-refractivity contribution in [2.24, 2.45) is 0 Å². The van der Waals surface area contributed by atoms with E-state index >= 15 is 0 Å². The number of carbonyl (C=O) groups excluding carboxylic acids is 2. The van der Waals surface area contributed by atoms with Crippen molar-refractivity contribution in [3.8, 4) is 0 Å². The van der Waals surface area contributed by atoms with E-state index in [0.29, 0.717) is 6.07 Å². The van der Waals surface area contributed by atoms with Gasteiger partial charge >= 0.3 is 6.03 Å². The zero-order chi connectivity index (χ0) is 23.3. The summed E-state index contributed by atoms with van der Waals surface area (Å²) in [5.74, 6) is -1.95. The topological polar surface area (TPSA) is 92.3 Å². The van der Waals surface area contributed by atoms with Crippen LogP contribution in [-0.4, -0.2) is 20.2 Å². The molecular weight excluding hydrogens is 438 g/mol. The van der Waals surface area contributed by atoms with Crippen molar-refractivity contribution in [2.45, 2.75) is 11.8 Å². The summed E-state index contributed by atoms with van der Waals surface area (Å²) >= 11 is 0. The van der Waals surface area contributed by atoms with Crippen LogP contribution in [0, 0.1) is 18.6 Å². The van der Waals surface area contributed by atoms with E-state index in [-0.39, 0.29) is 21.7 Å². The molecule has 32 heavy (non-hydrogen) atoms. The molecule has 0 aromatic heterocycles. The molecule has 3 aromatic rings. The summed E-state index contributed by atoms with van der Waals surface area (Å²) in [5, 5.41) is 2.37. The summed E-state index contributed by atoms with van der Waals surface area (Å²) in [5.41, 5.74) is 1.44. The van der Waals surface area contributed by atoms with Crippen LogP contribution in [0.5, 0.6) is 0 Å². The third-order valence-electron chi connectivity index (χ3n) is 4.36. The van der Waals surface area contributed by atoms with Gasteiger partial charge in [0.05, 0.1) is 4.90 Å². The second kappa shape index (κ2) is 9.52. The molecule has 0 spiro atoms. The van der Waals surface area contributed by atoms with Gasteiger partial charge in [0.2, 0.25) is 0 Å². The molecule has 164 valence electrons. The third kappa shape index (κ3) is 5.86. The average molecular weight is 456 g/mol. The van der Waals surface area contributed by atoms with Crippen molar-refractivity contribution in [3.63, 3.8) is 0 Å². The van der Waals surface area contributed by atoms with E-state index in [4.69, 9.17) is 0 Å². The Balaban J connectivity index is 1.62. The number of carbonyl (C=O) groups is 2. The maximum atomic E-state index is 13.6. The molecule has 0 aliphatic rings. The lowest BCUT2D eigenvalue weighted by molar-refractivity contribution is 0.104. The molecule has 0 aliphatic heterocycles. The average Bonchev–Trinajstić information content (AvgIpc) is 2.73. The molecule has 2 N–H and O–H groups in total. The molecule has 0 aliphatic carbocycles. The highest BCUT2D eigenvalue weighted by Crippen LogP contribution is 2.15. The highest BCUT2D eigenvalue weighted by atomic mass is 32.2. The maximum Gasteiger partial charge on any atom is 0.333 e. The lowest BCUT2D eigenvalue weighted by atomic mass is 10.1. The van der Waals surface area contributed by atoms with E-state index < -0.39 is 33.5 Å². The van der Waals surface area contributed by atoms with Crippen LogP contribution in [0.25, 0.3) is 6.08 Å². The van der Waals surface area contributed by atoms with E-state index in [9.17, 15) is 26.8 Å². The first-order chi connectivity index (χ1) is 15.1. The molecule has 0 radical (unpaired) electrons. The number of hydrogen-bond acceptors (Lipinski definition) is 4. The van der Waals surface area contributed by atoms with Crippen LogP contribution in [0.4, 0.5) is 19.3 Å². The number of rotatable bonds is 6. The van der Waals surface area contributed by atoms with Gasteiger partial charge < -0.3 is 5.32 Å². The number of hydrogen-bond donors (Lipinski definition) is 2. The van der Waals surface area contributed by atoms with Crippen molar-refractivity contribution >= 4 is 33.6 Å². The molecule has 3 aromatic carbocycles. The van der Waals surface area contributed by atoms with Gasteiger partial charge in [-0.05, 0) is 67.6 Å². The molecule has 0 atom stereocenters. The van der Waals surface area contributed by atoms with Crippen LogP contribution in [0.3, 0.4) is 0 Å². The first kappa shape index (κ1) is 22.8. The largest absolute Gasteiger partial charge is 0.333 e. The van der Waals surface area contributed by atoms with Crippen molar-refractivity contribution in [2.75, 3.05) is 5.32 Å². The third-order valence-corrected chi connectivity index (χ3v) is 5.71. The Hall–Kier alpha value is -3.85. The number of sulfonamides is 1. The molecule has 3 rings (SSSR count). The molecule has 2 amide bonds. The highest BCUT2D eigenvalue weighted by Gasteiger charge is 2.17. The van der Waals surface area contributed by atoms with Crippen molar-refractivity contribution in [3.05, 3.63) is 101 Å². The number of nitrogens with one attached hydrogen (secondary N) is 2. The maximum absolute atomic E-state index is 13.6. The summed E-state index contributed by atoms with van der Waals surface area (Å²) in [6.07, 6.45) is 2.37. The predicted octanol–water partition coefficient (Wildman–Crippen LogP) is 4.68. The summed E-state index contributed by atoms with van der Waals surface area (Å²) in [4.78, 5) is 24.2. The monoisotopic (exact) mass is 456 g/mol.